The Hall–Kier alpha value is -0.830. The zero-order valence-electron chi connectivity index (χ0n) is 10.2. The van der Waals surface area contributed by atoms with Crippen molar-refractivity contribution in [3.8, 4) is 0 Å². The van der Waals surface area contributed by atoms with Crippen LogP contribution in [-0.2, 0) is 9.53 Å². The summed E-state index contributed by atoms with van der Waals surface area (Å²) in [6.45, 7) is 2.53. The summed E-state index contributed by atoms with van der Waals surface area (Å²) in [6, 6.07) is 0. The molecule has 0 aliphatic carbocycles. The van der Waals surface area contributed by atoms with E-state index >= 15 is 0 Å². The van der Waals surface area contributed by atoms with Crippen LogP contribution in [0.2, 0.25) is 0 Å². The van der Waals surface area contributed by atoms with Gasteiger partial charge < -0.3 is 25.0 Å². The Morgan fingerprint density at radius 2 is 2.17 bits per heavy atom. The molecule has 1 fully saturated rings. The van der Waals surface area contributed by atoms with Crippen molar-refractivity contribution in [1.82, 2.24) is 4.90 Å². The third-order valence-corrected chi connectivity index (χ3v) is 3.85. The summed E-state index contributed by atoms with van der Waals surface area (Å²) >= 11 is 1.03. The van der Waals surface area contributed by atoms with Crippen LogP contribution in [0.3, 0.4) is 0 Å². The van der Waals surface area contributed by atoms with Crippen molar-refractivity contribution in [3.63, 3.8) is 0 Å². The van der Waals surface area contributed by atoms with E-state index in [-0.39, 0.29) is 11.6 Å². The van der Waals surface area contributed by atoms with E-state index in [4.69, 9.17) is 15.3 Å². The van der Waals surface area contributed by atoms with Crippen molar-refractivity contribution in [1.29, 1.82) is 5.41 Å². The third-order valence-electron chi connectivity index (χ3n) is 2.74. The molecule has 0 saturated carbocycles. The van der Waals surface area contributed by atoms with Gasteiger partial charge in [0.25, 0.3) is 0 Å². The average Bonchev–Trinajstić information content (AvgIpc) is 2.31. The SMILES string of the molecule is CCN(C)C(=N)S[C@@H]1CC(O)[C@H](O)C(C(=O)O)O1. The monoisotopic (exact) mass is 278 g/mol. The highest BCUT2D eigenvalue weighted by Crippen LogP contribution is 2.29. The number of nitrogens with one attached hydrogen (secondary N) is 1. The van der Waals surface area contributed by atoms with Gasteiger partial charge in [0.05, 0.1) is 6.10 Å². The van der Waals surface area contributed by atoms with Crippen molar-refractivity contribution >= 4 is 22.9 Å². The molecule has 0 spiro atoms. The highest BCUT2D eigenvalue weighted by Gasteiger charge is 2.41. The van der Waals surface area contributed by atoms with Crippen molar-refractivity contribution in [2.45, 2.75) is 37.1 Å². The van der Waals surface area contributed by atoms with Gasteiger partial charge in [0.15, 0.2) is 11.3 Å². The van der Waals surface area contributed by atoms with Crippen LogP contribution in [-0.4, -0.2) is 68.7 Å². The van der Waals surface area contributed by atoms with E-state index < -0.39 is 29.7 Å². The molecule has 4 N–H and O–H groups in total. The van der Waals surface area contributed by atoms with Crippen LogP contribution in [0.25, 0.3) is 0 Å². The average molecular weight is 278 g/mol. The molecule has 8 heteroatoms. The number of aliphatic carboxylic acids is 1. The van der Waals surface area contributed by atoms with Crippen molar-refractivity contribution in [2.75, 3.05) is 13.6 Å². The molecule has 104 valence electrons. The van der Waals surface area contributed by atoms with Gasteiger partial charge in [-0.2, -0.15) is 0 Å². The third kappa shape index (κ3) is 3.58. The lowest BCUT2D eigenvalue weighted by Crippen LogP contribution is -2.51. The largest absolute Gasteiger partial charge is 0.479 e. The number of aliphatic hydroxyl groups excluding tert-OH is 2. The fourth-order valence-corrected chi connectivity index (χ4v) is 2.50. The Balaban J connectivity index is 2.63. The van der Waals surface area contributed by atoms with Crippen molar-refractivity contribution in [2.24, 2.45) is 0 Å². The van der Waals surface area contributed by atoms with Crippen LogP contribution >= 0.6 is 11.8 Å². The van der Waals surface area contributed by atoms with Gasteiger partial charge in [-0.1, -0.05) is 11.8 Å². The predicted octanol–water partition coefficient (Wildman–Crippen LogP) is -0.473. The summed E-state index contributed by atoms with van der Waals surface area (Å²) in [5, 5.41) is 35.9. The highest BCUT2D eigenvalue weighted by atomic mass is 32.2. The van der Waals surface area contributed by atoms with Crippen LogP contribution in [0.5, 0.6) is 0 Å². The standard InChI is InChI=1S/C10H18N2O5S/c1-3-12(2)10(11)18-6-4-5(13)7(14)8(17-6)9(15)16/h5-8,11,13-14H,3-4H2,1-2H3,(H,15,16)/t5?,6-,7+,8?/m1/s1. The molecule has 18 heavy (non-hydrogen) atoms. The topological polar surface area (TPSA) is 114 Å². The molecule has 0 aromatic heterocycles. The zero-order valence-corrected chi connectivity index (χ0v) is 11.1. The zero-order chi connectivity index (χ0) is 13.9. The number of thioether (sulfide) groups is 1. The lowest BCUT2D eigenvalue weighted by atomic mass is 10.0. The molecule has 1 aliphatic rings. The van der Waals surface area contributed by atoms with Crippen LogP contribution in [0.15, 0.2) is 0 Å². The fraction of sp³-hybridized carbons (Fsp3) is 0.800. The fourth-order valence-electron chi connectivity index (χ4n) is 1.48. The smallest absolute Gasteiger partial charge is 0.335 e. The normalized spacial score (nSPS) is 32.0. The van der Waals surface area contributed by atoms with Crippen molar-refractivity contribution in [3.05, 3.63) is 0 Å². The van der Waals surface area contributed by atoms with Gasteiger partial charge in [-0.3, -0.25) is 5.41 Å². The van der Waals surface area contributed by atoms with E-state index in [1.165, 1.54) is 0 Å². The second-order valence-corrected chi connectivity index (χ2v) is 5.20. The maximum absolute atomic E-state index is 10.9. The number of ether oxygens (including phenoxy) is 1. The van der Waals surface area contributed by atoms with Crippen LogP contribution in [0.4, 0.5) is 0 Å². The number of hydrogen-bond acceptors (Lipinski definition) is 6. The molecule has 1 heterocycles. The first kappa shape index (κ1) is 15.2. The van der Waals surface area contributed by atoms with Gasteiger partial charge in [0, 0.05) is 20.0 Å². The van der Waals surface area contributed by atoms with E-state index in [1.807, 2.05) is 6.92 Å². The minimum atomic E-state index is -1.45. The maximum Gasteiger partial charge on any atom is 0.335 e. The maximum atomic E-state index is 10.9. The number of amidine groups is 1. The number of carboxylic acids is 1. The summed E-state index contributed by atoms with van der Waals surface area (Å²) in [7, 11) is 1.73. The Morgan fingerprint density at radius 3 is 2.67 bits per heavy atom. The number of rotatable bonds is 3. The summed E-state index contributed by atoms with van der Waals surface area (Å²) in [5.74, 6) is -1.32. The summed E-state index contributed by atoms with van der Waals surface area (Å²) in [6.07, 6.45) is -3.95. The Morgan fingerprint density at radius 1 is 1.56 bits per heavy atom. The number of carbonyl (C=O) groups is 1. The number of hydrogen-bond donors (Lipinski definition) is 4. The summed E-state index contributed by atoms with van der Waals surface area (Å²) in [4.78, 5) is 12.5. The molecule has 4 atom stereocenters. The van der Waals surface area contributed by atoms with Crippen LogP contribution < -0.4 is 0 Å². The van der Waals surface area contributed by atoms with Crippen LogP contribution in [0.1, 0.15) is 13.3 Å². The Kier molecular flexibility index (Phi) is 5.39. The molecule has 1 saturated heterocycles. The molecule has 0 aromatic carbocycles. The molecule has 1 aliphatic heterocycles. The van der Waals surface area contributed by atoms with Gasteiger partial charge in [-0.05, 0) is 6.92 Å². The quantitative estimate of drug-likeness (QED) is 0.407. The van der Waals surface area contributed by atoms with E-state index in [0.717, 1.165) is 11.8 Å². The van der Waals surface area contributed by atoms with E-state index in [9.17, 15) is 15.0 Å². The second-order valence-electron chi connectivity index (χ2n) is 4.06. The minimum absolute atomic E-state index is 0.0928. The van der Waals surface area contributed by atoms with Gasteiger partial charge in [-0.15, -0.1) is 0 Å². The lowest BCUT2D eigenvalue weighted by molar-refractivity contribution is -0.181. The number of carboxylic acid groups (broad SMARTS) is 1. The van der Waals surface area contributed by atoms with E-state index in [1.54, 1.807) is 11.9 Å². The molecule has 0 radical (unpaired) electrons. The van der Waals surface area contributed by atoms with Crippen LogP contribution in [0, 0.1) is 5.41 Å². The number of aliphatic hydroxyl groups is 2. The summed E-state index contributed by atoms with van der Waals surface area (Å²) < 4.78 is 5.18. The Labute approximate surface area is 109 Å². The molecular formula is C10H18N2O5S. The summed E-state index contributed by atoms with van der Waals surface area (Å²) in [5.41, 5.74) is -0.647. The highest BCUT2D eigenvalue weighted by molar-refractivity contribution is 8.14. The molecule has 2 unspecified atom stereocenters. The lowest BCUT2D eigenvalue weighted by Gasteiger charge is -2.35. The van der Waals surface area contributed by atoms with Crippen molar-refractivity contribution < 1.29 is 24.9 Å². The van der Waals surface area contributed by atoms with Gasteiger partial charge in [0.1, 0.15) is 11.5 Å². The molecule has 7 nitrogen and oxygen atoms in total. The molecule has 0 aromatic rings. The molecular weight excluding hydrogens is 260 g/mol. The first-order valence-corrected chi connectivity index (χ1v) is 6.45. The van der Waals surface area contributed by atoms with Gasteiger partial charge in [-0.25, -0.2) is 4.79 Å². The first-order chi connectivity index (χ1) is 8.36. The molecule has 0 amide bonds. The first-order valence-electron chi connectivity index (χ1n) is 5.57. The van der Waals surface area contributed by atoms with Gasteiger partial charge in [0.2, 0.25) is 0 Å². The van der Waals surface area contributed by atoms with Gasteiger partial charge >= 0.3 is 5.97 Å². The minimum Gasteiger partial charge on any atom is -0.479 e. The second kappa shape index (κ2) is 6.37. The van der Waals surface area contributed by atoms with E-state index in [0.29, 0.717) is 6.54 Å². The molecule has 0 bridgehead atoms. The van der Waals surface area contributed by atoms with E-state index in [2.05, 4.69) is 0 Å². The molecule has 1 rings (SSSR count). The Bertz CT molecular complexity index is 327. The number of nitrogens with zero attached hydrogens (tertiary/aromatic N) is 1. The predicted molar refractivity (Wildman–Crippen MR) is 66.5 cm³/mol.